The lowest BCUT2D eigenvalue weighted by Gasteiger charge is -2.24. The van der Waals surface area contributed by atoms with Gasteiger partial charge in [-0.15, -0.1) is 0 Å². The molecule has 0 spiro atoms. The number of aldehydes is 1. The van der Waals surface area contributed by atoms with Crippen LogP contribution in [0.15, 0.2) is 0 Å². The summed E-state index contributed by atoms with van der Waals surface area (Å²) in [5, 5.41) is 8.67. The summed E-state index contributed by atoms with van der Waals surface area (Å²) < 4.78 is 5.50. The van der Waals surface area contributed by atoms with Crippen molar-refractivity contribution in [3.05, 3.63) is 22.2 Å². The van der Waals surface area contributed by atoms with Gasteiger partial charge in [0.15, 0.2) is 0 Å². The highest BCUT2D eigenvalue weighted by atomic mass is 35.5. The maximum atomic E-state index is 11.6. The molecule has 0 saturated carbocycles. The van der Waals surface area contributed by atoms with Gasteiger partial charge in [0.2, 0.25) is 5.28 Å². The fourth-order valence-corrected chi connectivity index (χ4v) is 3.21. The van der Waals surface area contributed by atoms with Crippen molar-refractivity contribution in [2.45, 2.75) is 52.7 Å². The SMILES string of the molecule is CCOCC(CC)C(=N)c1nc(Cl)nc2c1CN(C(C)C)[C@H]2C=O. The van der Waals surface area contributed by atoms with Crippen LogP contribution in [0.25, 0.3) is 0 Å². The molecular formula is C17H25ClN4O2. The van der Waals surface area contributed by atoms with Crippen molar-refractivity contribution in [1.29, 1.82) is 5.41 Å². The van der Waals surface area contributed by atoms with Crippen molar-refractivity contribution >= 4 is 23.6 Å². The van der Waals surface area contributed by atoms with Gasteiger partial charge < -0.3 is 14.9 Å². The Labute approximate surface area is 148 Å². The van der Waals surface area contributed by atoms with Crippen LogP contribution < -0.4 is 0 Å². The number of hydrogen-bond donors (Lipinski definition) is 1. The van der Waals surface area contributed by atoms with Gasteiger partial charge in [-0.25, -0.2) is 9.97 Å². The fourth-order valence-electron chi connectivity index (χ4n) is 3.04. The Morgan fingerprint density at radius 1 is 1.46 bits per heavy atom. The smallest absolute Gasteiger partial charge is 0.223 e. The minimum absolute atomic E-state index is 0.0530. The van der Waals surface area contributed by atoms with Crippen molar-refractivity contribution in [1.82, 2.24) is 14.9 Å². The van der Waals surface area contributed by atoms with Gasteiger partial charge in [-0.3, -0.25) is 4.90 Å². The number of nitrogens with zero attached hydrogens (tertiary/aromatic N) is 3. The topological polar surface area (TPSA) is 79.2 Å². The summed E-state index contributed by atoms with van der Waals surface area (Å²) in [5.41, 5.74) is 2.42. The van der Waals surface area contributed by atoms with Gasteiger partial charge in [-0.05, 0) is 38.8 Å². The van der Waals surface area contributed by atoms with Crippen LogP contribution in [0.3, 0.4) is 0 Å². The van der Waals surface area contributed by atoms with E-state index in [0.717, 1.165) is 18.3 Å². The molecule has 6 nitrogen and oxygen atoms in total. The van der Waals surface area contributed by atoms with Crippen molar-refractivity contribution in [3.8, 4) is 0 Å². The first-order chi connectivity index (χ1) is 11.4. The quantitative estimate of drug-likeness (QED) is 0.442. The summed E-state index contributed by atoms with van der Waals surface area (Å²) in [7, 11) is 0. The Bertz CT molecular complexity index is 621. The third-order valence-electron chi connectivity index (χ3n) is 4.46. The van der Waals surface area contributed by atoms with Crippen molar-refractivity contribution in [3.63, 3.8) is 0 Å². The van der Waals surface area contributed by atoms with Gasteiger partial charge in [-0.2, -0.15) is 0 Å². The molecule has 0 saturated heterocycles. The monoisotopic (exact) mass is 352 g/mol. The molecule has 0 aromatic carbocycles. The molecular weight excluding hydrogens is 328 g/mol. The van der Waals surface area contributed by atoms with Crippen LogP contribution in [-0.2, 0) is 16.1 Å². The van der Waals surface area contributed by atoms with Gasteiger partial charge in [0, 0.05) is 30.7 Å². The molecule has 1 aromatic heterocycles. The van der Waals surface area contributed by atoms with Crippen LogP contribution in [0.1, 0.15) is 57.1 Å². The normalized spacial score (nSPS) is 18.7. The van der Waals surface area contributed by atoms with Crippen molar-refractivity contribution in [2.75, 3.05) is 13.2 Å². The molecule has 24 heavy (non-hydrogen) atoms. The Morgan fingerprint density at radius 2 is 2.17 bits per heavy atom. The fraction of sp³-hybridized carbons (Fsp3) is 0.647. The van der Waals surface area contributed by atoms with Crippen LogP contribution >= 0.6 is 11.6 Å². The number of aromatic nitrogens is 2. The molecule has 1 N–H and O–H groups in total. The Hall–Kier alpha value is -1.37. The Morgan fingerprint density at radius 3 is 2.71 bits per heavy atom. The minimum atomic E-state index is -0.431. The van der Waals surface area contributed by atoms with E-state index in [2.05, 4.69) is 9.97 Å². The third kappa shape index (κ3) is 3.66. The van der Waals surface area contributed by atoms with Gasteiger partial charge in [0.05, 0.1) is 23.7 Å². The van der Waals surface area contributed by atoms with Crippen LogP contribution in [0, 0.1) is 11.3 Å². The molecule has 7 heteroatoms. The highest BCUT2D eigenvalue weighted by molar-refractivity contribution is 6.28. The summed E-state index contributed by atoms with van der Waals surface area (Å²) in [6.07, 6.45) is 1.67. The molecule has 132 valence electrons. The zero-order chi connectivity index (χ0) is 17.9. The van der Waals surface area contributed by atoms with E-state index in [0.29, 0.717) is 36.9 Å². The van der Waals surface area contributed by atoms with E-state index in [1.54, 1.807) is 0 Å². The predicted molar refractivity (Wildman–Crippen MR) is 93.6 cm³/mol. The zero-order valence-electron chi connectivity index (χ0n) is 14.7. The van der Waals surface area contributed by atoms with Gasteiger partial charge >= 0.3 is 0 Å². The molecule has 0 radical (unpaired) electrons. The lowest BCUT2D eigenvalue weighted by Crippen LogP contribution is -2.30. The number of ether oxygens (including phenoxy) is 1. The predicted octanol–water partition coefficient (Wildman–Crippen LogP) is 3.02. The molecule has 0 fully saturated rings. The molecule has 0 amide bonds. The molecule has 1 aliphatic heterocycles. The molecule has 2 rings (SSSR count). The summed E-state index contributed by atoms with van der Waals surface area (Å²) in [6.45, 7) is 9.67. The summed E-state index contributed by atoms with van der Waals surface area (Å²) in [6, 6.07) is -0.250. The number of hydrogen-bond acceptors (Lipinski definition) is 6. The number of rotatable bonds is 8. The van der Waals surface area contributed by atoms with E-state index in [4.69, 9.17) is 21.7 Å². The van der Waals surface area contributed by atoms with E-state index in [1.165, 1.54) is 0 Å². The van der Waals surface area contributed by atoms with Crippen molar-refractivity contribution < 1.29 is 9.53 Å². The lowest BCUT2D eigenvalue weighted by atomic mass is 9.95. The lowest BCUT2D eigenvalue weighted by molar-refractivity contribution is -0.113. The Kier molecular flexibility index (Phi) is 6.43. The highest BCUT2D eigenvalue weighted by Gasteiger charge is 2.37. The maximum Gasteiger partial charge on any atom is 0.223 e. The van der Waals surface area contributed by atoms with Crippen molar-refractivity contribution in [2.24, 2.45) is 5.92 Å². The van der Waals surface area contributed by atoms with E-state index < -0.39 is 6.04 Å². The van der Waals surface area contributed by atoms with E-state index in [-0.39, 0.29) is 17.2 Å². The molecule has 2 atom stereocenters. The first kappa shape index (κ1) is 19.0. The first-order valence-corrected chi connectivity index (χ1v) is 8.76. The standard InChI is InChI=1S/C17H25ClN4O2/c1-5-11(9-24-6-2)14(19)16-12-7-22(10(3)4)13(8-23)15(12)20-17(18)21-16/h8,10-11,13,19H,5-7,9H2,1-4H3/t11?,13-/m0/s1. The molecule has 1 aromatic rings. The second-order valence-corrected chi connectivity index (χ2v) is 6.57. The molecule has 2 heterocycles. The third-order valence-corrected chi connectivity index (χ3v) is 4.63. The molecule has 1 unspecified atom stereocenters. The number of halogens is 1. The van der Waals surface area contributed by atoms with Gasteiger partial charge in [-0.1, -0.05) is 6.92 Å². The zero-order valence-corrected chi connectivity index (χ0v) is 15.4. The number of carbonyl (C=O) groups is 1. The van der Waals surface area contributed by atoms with Crippen LogP contribution in [0.5, 0.6) is 0 Å². The summed E-state index contributed by atoms with van der Waals surface area (Å²) in [4.78, 5) is 22.2. The summed E-state index contributed by atoms with van der Waals surface area (Å²) in [5.74, 6) is -0.0530. The molecule has 0 bridgehead atoms. The maximum absolute atomic E-state index is 11.6. The minimum Gasteiger partial charge on any atom is -0.381 e. The van der Waals surface area contributed by atoms with Gasteiger partial charge in [0.25, 0.3) is 0 Å². The number of carbonyl (C=O) groups excluding carboxylic acids is 1. The van der Waals surface area contributed by atoms with E-state index >= 15 is 0 Å². The van der Waals surface area contributed by atoms with Crippen LogP contribution in [-0.4, -0.2) is 46.1 Å². The highest BCUT2D eigenvalue weighted by Crippen LogP contribution is 2.35. The molecule has 0 aliphatic carbocycles. The Balaban J connectivity index is 2.43. The van der Waals surface area contributed by atoms with E-state index in [9.17, 15) is 4.79 Å². The summed E-state index contributed by atoms with van der Waals surface area (Å²) >= 11 is 6.09. The second-order valence-electron chi connectivity index (χ2n) is 6.23. The average molecular weight is 353 g/mol. The van der Waals surface area contributed by atoms with Gasteiger partial charge in [0.1, 0.15) is 12.3 Å². The first-order valence-electron chi connectivity index (χ1n) is 8.38. The average Bonchev–Trinajstić information content (AvgIpc) is 2.93. The largest absolute Gasteiger partial charge is 0.381 e. The number of nitrogens with one attached hydrogen (secondary N) is 1. The van der Waals surface area contributed by atoms with Crippen LogP contribution in [0.4, 0.5) is 0 Å². The second kappa shape index (κ2) is 8.14. The molecule has 1 aliphatic rings. The van der Waals surface area contributed by atoms with Crippen LogP contribution in [0.2, 0.25) is 5.28 Å². The number of fused-ring (bicyclic) bond motifs is 1. The van der Waals surface area contributed by atoms with E-state index in [1.807, 2.05) is 32.6 Å².